The standard InChI is InChI=1S/C29H24ClF3O5/c1-15-12-20(13-16(2)23(15)30)36-25-24(34)21-11-10-19(14-22(21)38-26(25)29(31,32)33)37-27(35)17-6-8-18(9-7-17)28(3,4)5/h6-14H,1-5H3. The minimum absolute atomic E-state index is 0.00424. The van der Waals surface area contributed by atoms with E-state index in [2.05, 4.69) is 0 Å². The highest BCUT2D eigenvalue weighted by Crippen LogP contribution is 2.39. The molecule has 0 aliphatic carbocycles. The average molecular weight is 545 g/mol. The lowest BCUT2D eigenvalue weighted by atomic mass is 9.87. The maximum Gasteiger partial charge on any atom is 0.453 e. The van der Waals surface area contributed by atoms with Crippen LogP contribution in [-0.2, 0) is 11.6 Å². The zero-order valence-electron chi connectivity index (χ0n) is 21.2. The molecule has 198 valence electrons. The Hall–Kier alpha value is -3.78. The van der Waals surface area contributed by atoms with E-state index >= 15 is 0 Å². The Morgan fingerprint density at radius 2 is 1.50 bits per heavy atom. The van der Waals surface area contributed by atoms with Crippen molar-refractivity contribution >= 4 is 28.5 Å². The summed E-state index contributed by atoms with van der Waals surface area (Å²) in [6.07, 6.45) is -5.04. The van der Waals surface area contributed by atoms with Crippen LogP contribution in [0.3, 0.4) is 0 Å². The van der Waals surface area contributed by atoms with Crippen molar-refractivity contribution < 1.29 is 31.9 Å². The van der Waals surface area contributed by atoms with E-state index in [0.717, 1.165) is 11.6 Å². The Balaban J connectivity index is 1.71. The number of ether oxygens (including phenoxy) is 2. The molecule has 5 nitrogen and oxygen atoms in total. The van der Waals surface area contributed by atoms with Crippen LogP contribution in [0.1, 0.15) is 53.6 Å². The Bertz CT molecular complexity index is 1570. The Morgan fingerprint density at radius 3 is 2.05 bits per heavy atom. The van der Waals surface area contributed by atoms with E-state index in [-0.39, 0.29) is 27.9 Å². The molecule has 0 bridgehead atoms. The molecule has 0 amide bonds. The molecule has 1 aromatic heterocycles. The van der Waals surface area contributed by atoms with Crippen molar-refractivity contribution in [1.29, 1.82) is 0 Å². The second kappa shape index (κ2) is 9.83. The van der Waals surface area contributed by atoms with Crippen molar-refractivity contribution in [2.75, 3.05) is 0 Å². The lowest BCUT2D eigenvalue weighted by Gasteiger charge is -2.18. The van der Waals surface area contributed by atoms with Crippen molar-refractivity contribution in [1.82, 2.24) is 0 Å². The van der Waals surface area contributed by atoms with E-state index in [0.29, 0.717) is 16.1 Å². The largest absolute Gasteiger partial charge is 0.453 e. The summed E-state index contributed by atoms with van der Waals surface area (Å²) in [4.78, 5) is 25.7. The van der Waals surface area contributed by atoms with Crippen LogP contribution in [0, 0.1) is 13.8 Å². The van der Waals surface area contributed by atoms with E-state index in [9.17, 15) is 22.8 Å². The van der Waals surface area contributed by atoms with Gasteiger partial charge in [0.15, 0.2) is 0 Å². The number of alkyl halides is 3. The number of fused-ring (bicyclic) bond motifs is 1. The second-order valence-electron chi connectivity index (χ2n) is 9.94. The zero-order chi connectivity index (χ0) is 28.0. The summed E-state index contributed by atoms with van der Waals surface area (Å²) in [5, 5.41) is 0.260. The van der Waals surface area contributed by atoms with Crippen LogP contribution in [0.15, 0.2) is 63.8 Å². The number of hydrogen-bond donors (Lipinski definition) is 0. The van der Waals surface area contributed by atoms with Gasteiger partial charge < -0.3 is 13.9 Å². The summed E-state index contributed by atoms with van der Waals surface area (Å²) in [6.45, 7) is 9.43. The number of hydrogen-bond acceptors (Lipinski definition) is 5. The van der Waals surface area contributed by atoms with Gasteiger partial charge in [-0.2, -0.15) is 13.2 Å². The Morgan fingerprint density at radius 1 is 0.895 bits per heavy atom. The molecular formula is C29H24ClF3O5. The normalized spacial score (nSPS) is 12.0. The Labute approximate surface area is 221 Å². The van der Waals surface area contributed by atoms with Gasteiger partial charge in [-0.05, 0) is 72.4 Å². The highest BCUT2D eigenvalue weighted by atomic mass is 35.5. The topological polar surface area (TPSA) is 65.7 Å². The molecule has 0 spiro atoms. The summed E-state index contributed by atoms with van der Waals surface area (Å²) in [5.41, 5.74) is 0.865. The first-order valence-corrected chi connectivity index (χ1v) is 12.0. The van der Waals surface area contributed by atoms with Crippen LogP contribution in [-0.4, -0.2) is 5.97 Å². The van der Waals surface area contributed by atoms with Crippen LogP contribution in [0.25, 0.3) is 11.0 Å². The van der Waals surface area contributed by atoms with Gasteiger partial charge >= 0.3 is 12.1 Å². The molecule has 9 heteroatoms. The molecule has 0 fully saturated rings. The number of carbonyl (C=O) groups is 1. The van der Waals surface area contributed by atoms with Gasteiger partial charge in [-0.25, -0.2) is 4.79 Å². The summed E-state index contributed by atoms with van der Waals surface area (Å²) >= 11 is 6.13. The smallest absolute Gasteiger partial charge is 0.449 e. The lowest BCUT2D eigenvalue weighted by Crippen LogP contribution is -2.16. The molecule has 0 saturated carbocycles. The van der Waals surface area contributed by atoms with Crippen molar-refractivity contribution in [3.63, 3.8) is 0 Å². The number of benzene rings is 3. The van der Waals surface area contributed by atoms with Crippen molar-refractivity contribution in [3.8, 4) is 17.2 Å². The summed E-state index contributed by atoms with van der Waals surface area (Å²) in [6, 6.07) is 13.3. The number of rotatable bonds is 4. The number of halogens is 4. The minimum Gasteiger partial charge on any atom is -0.449 e. The van der Waals surface area contributed by atoms with Gasteiger partial charge in [-0.15, -0.1) is 0 Å². The van der Waals surface area contributed by atoms with Gasteiger partial charge in [0.25, 0.3) is 5.76 Å². The summed E-state index contributed by atoms with van der Waals surface area (Å²) in [7, 11) is 0. The molecule has 4 rings (SSSR count). The number of aryl methyl sites for hydroxylation is 2. The molecule has 0 saturated heterocycles. The SMILES string of the molecule is Cc1cc(Oc2c(C(F)(F)F)oc3cc(OC(=O)c4ccc(C(C)(C)C)cc4)ccc3c2=O)cc(C)c1Cl. The van der Waals surface area contributed by atoms with Gasteiger partial charge in [0, 0.05) is 11.1 Å². The van der Waals surface area contributed by atoms with Crippen LogP contribution < -0.4 is 14.9 Å². The first kappa shape index (κ1) is 27.3. The van der Waals surface area contributed by atoms with E-state index < -0.39 is 34.7 Å². The van der Waals surface area contributed by atoms with E-state index in [1.165, 1.54) is 24.3 Å². The average Bonchev–Trinajstić information content (AvgIpc) is 2.83. The van der Waals surface area contributed by atoms with Crippen molar-refractivity contribution in [3.05, 3.63) is 97.9 Å². The second-order valence-corrected chi connectivity index (χ2v) is 10.3. The maximum absolute atomic E-state index is 13.9. The highest BCUT2D eigenvalue weighted by molar-refractivity contribution is 6.32. The third-order valence-electron chi connectivity index (χ3n) is 5.91. The Kier molecular flexibility index (Phi) is 7.05. The number of carbonyl (C=O) groups excluding carboxylic acids is 1. The third-order valence-corrected chi connectivity index (χ3v) is 6.50. The van der Waals surface area contributed by atoms with Crippen LogP contribution in [0.5, 0.6) is 17.2 Å². The monoisotopic (exact) mass is 544 g/mol. The first-order chi connectivity index (χ1) is 17.6. The quantitative estimate of drug-likeness (QED) is 0.191. The molecule has 0 atom stereocenters. The highest BCUT2D eigenvalue weighted by Gasteiger charge is 2.40. The predicted molar refractivity (Wildman–Crippen MR) is 139 cm³/mol. The van der Waals surface area contributed by atoms with Gasteiger partial charge in [0.1, 0.15) is 17.1 Å². The molecule has 0 aliphatic heterocycles. The van der Waals surface area contributed by atoms with Gasteiger partial charge in [0.2, 0.25) is 11.2 Å². The fraction of sp³-hybridized carbons (Fsp3) is 0.241. The predicted octanol–water partition coefficient (Wildman–Crippen LogP) is 8.39. The van der Waals surface area contributed by atoms with Gasteiger partial charge in [-0.3, -0.25) is 4.79 Å². The molecule has 3 aromatic carbocycles. The fourth-order valence-electron chi connectivity index (χ4n) is 3.85. The van der Waals surface area contributed by atoms with Crippen molar-refractivity contribution in [2.24, 2.45) is 0 Å². The van der Waals surface area contributed by atoms with Crippen LogP contribution in [0.4, 0.5) is 13.2 Å². The van der Waals surface area contributed by atoms with E-state index in [1.54, 1.807) is 38.1 Å². The molecule has 38 heavy (non-hydrogen) atoms. The fourth-order valence-corrected chi connectivity index (χ4v) is 3.96. The molecule has 0 aliphatic rings. The van der Waals surface area contributed by atoms with Crippen LogP contribution in [0.2, 0.25) is 5.02 Å². The first-order valence-electron chi connectivity index (χ1n) is 11.6. The number of esters is 1. The zero-order valence-corrected chi connectivity index (χ0v) is 22.0. The molecule has 0 radical (unpaired) electrons. The molecule has 0 unspecified atom stereocenters. The van der Waals surface area contributed by atoms with Gasteiger partial charge in [0.05, 0.1) is 10.9 Å². The lowest BCUT2D eigenvalue weighted by molar-refractivity contribution is -0.154. The summed E-state index contributed by atoms with van der Waals surface area (Å²) in [5.74, 6) is -3.41. The van der Waals surface area contributed by atoms with Crippen LogP contribution >= 0.6 is 11.6 Å². The minimum atomic E-state index is -5.04. The van der Waals surface area contributed by atoms with Crippen molar-refractivity contribution in [2.45, 2.75) is 46.2 Å². The summed E-state index contributed by atoms with van der Waals surface area (Å²) < 4.78 is 57.6. The third kappa shape index (κ3) is 5.55. The van der Waals surface area contributed by atoms with E-state index in [4.69, 9.17) is 25.5 Å². The molecule has 0 N–H and O–H groups in total. The van der Waals surface area contributed by atoms with E-state index in [1.807, 2.05) is 20.8 Å². The molecule has 1 heterocycles. The maximum atomic E-state index is 13.9. The van der Waals surface area contributed by atoms with Gasteiger partial charge in [-0.1, -0.05) is 44.5 Å². The molecule has 4 aromatic rings. The molecular weight excluding hydrogens is 521 g/mol.